The van der Waals surface area contributed by atoms with Gasteiger partial charge in [-0.1, -0.05) is 0 Å². The molecule has 1 aliphatic rings. The normalized spacial score (nSPS) is 27.6. The summed E-state index contributed by atoms with van der Waals surface area (Å²) in [4.78, 5) is 0. The molecule has 2 rings (SSSR count). The van der Waals surface area contributed by atoms with Crippen molar-refractivity contribution in [1.82, 2.24) is 0 Å². The summed E-state index contributed by atoms with van der Waals surface area (Å²) in [7, 11) is 0. The summed E-state index contributed by atoms with van der Waals surface area (Å²) in [5.41, 5.74) is 5.44. The molecule has 1 heterocycles. The van der Waals surface area contributed by atoms with Crippen molar-refractivity contribution in [2.75, 3.05) is 6.54 Å². The predicted octanol–water partition coefficient (Wildman–Crippen LogP) is 1.03. The van der Waals surface area contributed by atoms with Gasteiger partial charge in [0, 0.05) is 6.54 Å². The Morgan fingerprint density at radius 1 is 1.75 bits per heavy atom. The van der Waals surface area contributed by atoms with Crippen LogP contribution in [0.1, 0.15) is 17.7 Å². The minimum atomic E-state index is -0.984. The van der Waals surface area contributed by atoms with Gasteiger partial charge in [0.15, 0.2) is 5.22 Å². The highest BCUT2D eigenvalue weighted by Crippen LogP contribution is 2.39. The average molecular weight is 188 g/mol. The largest absolute Gasteiger partial charge is 0.446 e. The summed E-state index contributed by atoms with van der Waals surface area (Å²) in [6.07, 6.45) is 1.42. The van der Waals surface area contributed by atoms with Gasteiger partial charge < -0.3 is 15.3 Å². The Morgan fingerprint density at radius 2 is 2.50 bits per heavy atom. The molecule has 1 aliphatic carbocycles. The van der Waals surface area contributed by atoms with Gasteiger partial charge in [0.05, 0.1) is 0 Å². The fourth-order valence-electron chi connectivity index (χ4n) is 1.62. The molecule has 1 atom stereocenters. The van der Waals surface area contributed by atoms with E-state index in [4.69, 9.17) is 21.8 Å². The van der Waals surface area contributed by atoms with Gasteiger partial charge in [-0.05, 0) is 36.1 Å². The van der Waals surface area contributed by atoms with Crippen LogP contribution < -0.4 is 5.73 Å². The Hall–Kier alpha value is -0.510. The maximum Gasteiger partial charge on any atom is 0.193 e. The molecular formula is C8H10ClNO2. The number of fused-ring (bicyclic) bond motifs is 1. The number of hydrogen-bond donors (Lipinski definition) is 2. The number of aliphatic hydroxyl groups is 1. The van der Waals surface area contributed by atoms with Gasteiger partial charge in [-0.3, -0.25) is 0 Å². The van der Waals surface area contributed by atoms with E-state index in [0.717, 1.165) is 12.0 Å². The lowest BCUT2D eigenvalue weighted by Crippen LogP contribution is -2.31. The molecule has 0 spiro atoms. The molecule has 66 valence electrons. The minimum absolute atomic E-state index is 0.184. The van der Waals surface area contributed by atoms with E-state index < -0.39 is 5.60 Å². The quantitative estimate of drug-likeness (QED) is 0.691. The average Bonchev–Trinajstić information content (AvgIpc) is 2.53. The van der Waals surface area contributed by atoms with E-state index in [0.29, 0.717) is 17.4 Å². The SMILES string of the molecule is NCC1(O)CCc2cc(Cl)oc21. The van der Waals surface area contributed by atoms with Crippen LogP contribution in [0.3, 0.4) is 0 Å². The number of hydrogen-bond acceptors (Lipinski definition) is 3. The van der Waals surface area contributed by atoms with Crippen molar-refractivity contribution in [2.45, 2.75) is 18.4 Å². The number of aryl methyl sites for hydroxylation is 1. The molecule has 0 amide bonds. The zero-order valence-electron chi connectivity index (χ0n) is 6.51. The number of halogens is 1. The molecule has 3 nitrogen and oxygen atoms in total. The highest BCUT2D eigenvalue weighted by molar-refractivity contribution is 6.28. The van der Waals surface area contributed by atoms with Gasteiger partial charge in [0.2, 0.25) is 0 Å². The van der Waals surface area contributed by atoms with Crippen LogP contribution >= 0.6 is 11.6 Å². The lowest BCUT2D eigenvalue weighted by atomic mass is 10.0. The van der Waals surface area contributed by atoms with E-state index in [-0.39, 0.29) is 6.54 Å². The molecule has 3 N–H and O–H groups in total. The first-order valence-corrected chi connectivity index (χ1v) is 4.25. The first kappa shape index (κ1) is 8.10. The van der Waals surface area contributed by atoms with Crippen molar-refractivity contribution in [3.8, 4) is 0 Å². The molecule has 12 heavy (non-hydrogen) atoms. The van der Waals surface area contributed by atoms with E-state index >= 15 is 0 Å². The van der Waals surface area contributed by atoms with E-state index in [1.165, 1.54) is 0 Å². The zero-order chi connectivity index (χ0) is 8.77. The second kappa shape index (κ2) is 2.49. The van der Waals surface area contributed by atoms with Crippen LogP contribution in [0, 0.1) is 0 Å². The highest BCUT2D eigenvalue weighted by atomic mass is 35.5. The molecule has 1 aromatic rings. The van der Waals surface area contributed by atoms with Gasteiger partial charge in [-0.25, -0.2) is 0 Å². The molecule has 1 unspecified atom stereocenters. The monoisotopic (exact) mass is 187 g/mol. The topological polar surface area (TPSA) is 59.4 Å². The lowest BCUT2D eigenvalue weighted by molar-refractivity contribution is 0.0271. The Bertz CT molecular complexity index is 310. The second-order valence-electron chi connectivity index (χ2n) is 3.14. The fourth-order valence-corrected chi connectivity index (χ4v) is 1.83. The fraction of sp³-hybridized carbons (Fsp3) is 0.500. The third-order valence-corrected chi connectivity index (χ3v) is 2.53. The Kier molecular flexibility index (Phi) is 1.68. The molecule has 0 saturated heterocycles. The van der Waals surface area contributed by atoms with Gasteiger partial charge in [-0.2, -0.15) is 0 Å². The number of rotatable bonds is 1. The smallest absolute Gasteiger partial charge is 0.193 e. The maximum absolute atomic E-state index is 9.89. The first-order valence-electron chi connectivity index (χ1n) is 3.87. The first-order chi connectivity index (χ1) is 5.65. The van der Waals surface area contributed by atoms with Gasteiger partial charge >= 0.3 is 0 Å². The van der Waals surface area contributed by atoms with Crippen LogP contribution in [0.25, 0.3) is 0 Å². The molecule has 4 heteroatoms. The molecule has 0 radical (unpaired) electrons. The third-order valence-electron chi connectivity index (χ3n) is 2.35. The zero-order valence-corrected chi connectivity index (χ0v) is 7.27. The molecule has 1 aromatic heterocycles. The van der Waals surface area contributed by atoms with Crippen molar-refractivity contribution in [3.63, 3.8) is 0 Å². The van der Waals surface area contributed by atoms with Crippen LogP contribution in [0.15, 0.2) is 10.5 Å². The molecule has 0 bridgehead atoms. The van der Waals surface area contributed by atoms with Crippen molar-refractivity contribution < 1.29 is 9.52 Å². The molecule has 0 aliphatic heterocycles. The van der Waals surface area contributed by atoms with Crippen molar-refractivity contribution in [3.05, 3.63) is 22.6 Å². The van der Waals surface area contributed by atoms with Crippen molar-refractivity contribution in [2.24, 2.45) is 5.73 Å². The van der Waals surface area contributed by atoms with E-state index in [1.807, 2.05) is 0 Å². The summed E-state index contributed by atoms with van der Waals surface area (Å²) < 4.78 is 5.17. The van der Waals surface area contributed by atoms with Crippen LogP contribution in [0.2, 0.25) is 5.22 Å². The van der Waals surface area contributed by atoms with Crippen LogP contribution in [-0.4, -0.2) is 11.7 Å². The summed E-state index contributed by atoms with van der Waals surface area (Å²) in [5.74, 6) is 0.551. The van der Waals surface area contributed by atoms with Gasteiger partial charge in [0.25, 0.3) is 0 Å². The van der Waals surface area contributed by atoms with Crippen LogP contribution in [0.5, 0.6) is 0 Å². The van der Waals surface area contributed by atoms with Crippen LogP contribution in [0.4, 0.5) is 0 Å². The standard InChI is InChI=1S/C8H10ClNO2/c9-6-3-5-1-2-8(11,4-10)7(5)12-6/h3,11H,1-2,4,10H2. The van der Waals surface area contributed by atoms with Crippen molar-refractivity contribution >= 4 is 11.6 Å². The lowest BCUT2D eigenvalue weighted by Gasteiger charge is -2.18. The van der Waals surface area contributed by atoms with E-state index in [9.17, 15) is 5.11 Å². The summed E-state index contributed by atoms with van der Waals surface area (Å²) >= 11 is 5.64. The van der Waals surface area contributed by atoms with Crippen LogP contribution in [-0.2, 0) is 12.0 Å². The Balaban J connectivity index is 2.47. The minimum Gasteiger partial charge on any atom is -0.446 e. The predicted molar refractivity (Wildman–Crippen MR) is 45.0 cm³/mol. The number of furan rings is 1. The Labute approximate surface area is 75.1 Å². The maximum atomic E-state index is 9.89. The van der Waals surface area contributed by atoms with E-state index in [2.05, 4.69) is 0 Å². The molecular weight excluding hydrogens is 178 g/mol. The van der Waals surface area contributed by atoms with Gasteiger partial charge in [-0.15, -0.1) is 0 Å². The third kappa shape index (κ3) is 0.975. The molecule has 0 fully saturated rings. The number of nitrogens with two attached hydrogens (primary N) is 1. The Morgan fingerprint density at radius 3 is 3.17 bits per heavy atom. The highest BCUT2D eigenvalue weighted by Gasteiger charge is 2.39. The van der Waals surface area contributed by atoms with Crippen molar-refractivity contribution in [1.29, 1.82) is 0 Å². The molecule has 0 saturated carbocycles. The van der Waals surface area contributed by atoms with E-state index in [1.54, 1.807) is 6.07 Å². The summed E-state index contributed by atoms with van der Waals surface area (Å²) in [6.45, 7) is 0.184. The second-order valence-corrected chi connectivity index (χ2v) is 3.51. The molecule has 0 aromatic carbocycles. The summed E-state index contributed by atoms with van der Waals surface area (Å²) in [5, 5.41) is 10.2. The summed E-state index contributed by atoms with van der Waals surface area (Å²) in [6, 6.07) is 1.74. The van der Waals surface area contributed by atoms with Gasteiger partial charge in [0.1, 0.15) is 11.4 Å².